The van der Waals surface area contributed by atoms with E-state index < -0.39 is 6.16 Å². The summed E-state index contributed by atoms with van der Waals surface area (Å²) >= 11 is 0. The van der Waals surface area contributed by atoms with Gasteiger partial charge in [0.1, 0.15) is 23.4 Å². The number of ether oxygens (including phenoxy) is 3. The zero-order valence-corrected chi connectivity index (χ0v) is 15.9. The third kappa shape index (κ3) is 3.47. The quantitative estimate of drug-likeness (QED) is 0.369. The van der Waals surface area contributed by atoms with Gasteiger partial charge in [-0.3, -0.25) is 4.57 Å². The topological polar surface area (TPSA) is 75.5 Å². The number of carbonyl (C=O) groups is 1. The van der Waals surface area contributed by atoms with Gasteiger partial charge in [-0.25, -0.2) is 14.8 Å². The van der Waals surface area contributed by atoms with Crippen molar-refractivity contribution in [3.63, 3.8) is 0 Å². The van der Waals surface area contributed by atoms with Crippen LogP contribution >= 0.6 is 0 Å². The van der Waals surface area contributed by atoms with Gasteiger partial charge in [0, 0.05) is 11.5 Å². The molecule has 7 heteroatoms. The van der Waals surface area contributed by atoms with Gasteiger partial charge in [-0.2, -0.15) is 0 Å². The average molecular weight is 389 g/mol. The minimum absolute atomic E-state index is 0.344. The molecule has 0 atom stereocenters. The first kappa shape index (κ1) is 17.5. The zero-order chi connectivity index (χ0) is 19.8. The number of aromatic nitrogens is 3. The number of hydrogen-bond donors (Lipinski definition) is 0. The number of fused-ring (bicyclic) bond motifs is 2. The number of methoxy groups -OCH3 is 1. The van der Waals surface area contributed by atoms with Crippen LogP contribution in [-0.2, 0) is 4.74 Å². The van der Waals surface area contributed by atoms with Gasteiger partial charge < -0.3 is 14.2 Å². The van der Waals surface area contributed by atoms with E-state index >= 15 is 0 Å². The van der Waals surface area contributed by atoms with E-state index in [1.807, 2.05) is 41.0 Å². The Morgan fingerprint density at radius 2 is 2.07 bits per heavy atom. The fraction of sp³-hybridized carbons (Fsp3) is 0.227. The molecule has 5 rings (SSSR count). The molecule has 7 nitrogen and oxygen atoms in total. The summed E-state index contributed by atoms with van der Waals surface area (Å²) in [5, 5.41) is 0.857. The van der Waals surface area contributed by atoms with Crippen LogP contribution < -0.4 is 9.47 Å². The number of para-hydroxylation sites is 1. The molecule has 2 aromatic carbocycles. The molecular formula is C22H19N3O4. The Balaban J connectivity index is 1.51. The summed E-state index contributed by atoms with van der Waals surface area (Å²) in [6.45, 7) is 0.765. The lowest BCUT2D eigenvalue weighted by Gasteiger charge is -2.09. The van der Waals surface area contributed by atoms with Crippen molar-refractivity contribution in [1.29, 1.82) is 0 Å². The molecule has 1 saturated carbocycles. The van der Waals surface area contributed by atoms with Crippen LogP contribution in [0.4, 0.5) is 4.79 Å². The molecule has 0 amide bonds. The maximum atomic E-state index is 11.5. The normalized spacial score (nSPS) is 13.6. The molecule has 29 heavy (non-hydrogen) atoms. The molecule has 2 heterocycles. The fourth-order valence-corrected chi connectivity index (χ4v) is 3.22. The minimum atomic E-state index is -0.781. The first-order valence-corrected chi connectivity index (χ1v) is 9.47. The summed E-state index contributed by atoms with van der Waals surface area (Å²) in [5.41, 5.74) is 2.32. The van der Waals surface area contributed by atoms with Crippen molar-refractivity contribution >= 4 is 28.1 Å². The van der Waals surface area contributed by atoms with Crippen LogP contribution in [0, 0.1) is 5.92 Å². The van der Waals surface area contributed by atoms with Crippen LogP contribution in [-0.4, -0.2) is 34.4 Å². The molecule has 0 radical (unpaired) electrons. The standard InChI is InChI=1S/C22H19N3O4/c1-27-22(26)29-19-4-2-3-15-7-10-20(24-21(15)19)25-13-23-17-11-16(8-9-18(17)25)28-12-14-5-6-14/h2-4,7-11,13-14H,5-6,12H2,1H3. The molecule has 2 aromatic heterocycles. The molecule has 1 fully saturated rings. The highest BCUT2D eigenvalue weighted by Crippen LogP contribution is 2.31. The largest absolute Gasteiger partial charge is 0.513 e. The molecule has 1 aliphatic rings. The Bertz CT molecular complexity index is 1210. The van der Waals surface area contributed by atoms with Crippen LogP contribution in [0.1, 0.15) is 12.8 Å². The number of carbonyl (C=O) groups excluding carboxylic acids is 1. The van der Waals surface area contributed by atoms with Crippen molar-refractivity contribution in [2.45, 2.75) is 12.8 Å². The summed E-state index contributed by atoms with van der Waals surface area (Å²) < 4.78 is 17.6. The maximum absolute atomic E-state index is 11.5. The lowest BCUT2D eigenvalue weighted by Crippen LogP contribution is -2.08. The zero-order valence-electron chi connectivity index (χ0n) is 15.9. The second kappa shape index (κ2) is 7.09. The van der Waals surface area contributed by atoms with Crippen molar-refractivity contribution < 1.29 is 19.0 Å². The second-order valence-electron chi connectivity index (χ2n) is 7.07. The summed E-state index contributed by atoms with van der Waals surface area (Å²) in [7, 11) is 1.27. The van der Waals surface area contributed by atoms with E-state index in [0.29, 0.717) is 23.0 Å². The Morgan fingerprint density at radius 3 is 2.90 bits per heavy atom. The summed E-state index contributed by atoms with van der Waals surface area (Å²) in [6, 6.07) is 15.1. The van der Waals surface area contributed by atoms with E-state index in [2.05, 4.69) is 9.72 Å². The molecule has 0 unspecified atom stereocenters. The minimum Gasteiger partial charge on any atom is -0.493 e. The number of rotatable bonds is 5. The number of hydrogen-bond acceptors (Lipinski definition) is 6. The van der Waals surface area contributed by atoms with E-state index in [0.717, 1.165) is 28.8 Å². The van der Waals surface area contributed by atoms with Crippen molar-refractivity contribution in [1.82, 2.24) is 14.5 Å². The van der Waals surface area contributed by atoms with E-state index in [9.17, 15) is 4.79 Å². The van der Waals surface area contributed by atoms with E-state index in [-0.39, 0.29) is 0 Å². The molecular weight excluding hydrogens is 370 g/mol. The van der Waals surface area contributed by atoms with Gasteiger partial charge in [-0.05, 0) is 49.1 Å². The Kier molecular flexibility index (Phi) is 4.27. The summed E-state index contributed by atoms with van der Waals surface area (Å²) in [4.78, 5) is 20.7. The second-order valence-corrected chi connectivity index (χ2v) is 7.07. The summed E-state index contributed by atoms with van der Waals surface area (Å²) in [5.74, 6) is 2.55. The summed E-state index contributed by atoms with van der Waals surface area (Å²) in [6.07, 6.45) is 3.46. The molecule has 146 valence electrons. The third-order valence-electron chi connectivity index (χ3n) is 4.98. The van der Waals surface area contributed by atoms with Crippen LogP contribution in [0.3, 0.4) is 0 Å². The molecule has 0 spiro atoms. The number of benzene rings is 2. The highest BCUT2D eigenvalue weighted by atomic mass is 16.7. The molecule has 0 bridgehead atoms. The first-order valence-electron chi connectivity index (χ1n) is 9.47. The van der Waals surface area contributed by atoms with Crippen molar-refractivity contribution in [2.24, 2.45) is 5.92 Å². The number of pyridine rings is 1. The average Bonchev–Trinajstić information content (AvgIpc) is 3.49. The third-order valence-corrected chi connectivity index (χ3v) is 4.98. The number of nitrogens with zero attached hydrogens (tertiary/aromatic N) is 3. The smallest absolute Gasteiger partial charge is 0.493 e. The predicted octanol–water partition coefficient (Wildman–Crippen LogP) is 4.51. The van der Waals surface area contributed by atoms with Gasteiger partial charge in [-0.1, -0.05) is 12.1 Å². The van der Waals surface area contributed by atoms with Crippen molar-refractivity contribution in [3.05, 3.63) is 54.9 Å². The first-order chi connectivity index (χ1) is 14.2. The van der Waals surface area contributed by atoms with Gasteiger partial charge in [0.25, 0.3) is 0 Å². The lowest BCUT2D eigenvalue weighted by atomic mass is 10.2. The highest BCUT2D eigenvalue weighted by molar-refractivity contribution is 5.87. The molecule has 1 aliphatic carbocycles. The van der Waals surface area contributed by atoms with Crippen LogP contribution in [0.15, 0.2) is 54.9 Å². The van der Waals surface area contributed by atoms with Gasteiger partial charge in [0.2, 0.25) is 0 Å². The molecule has 0 aliphatic heterocycles. The Morgan fingerprint density at radius 1 is 1.17 bits per heavy atom. The molecule has 4 aromatic rings. The van der Waals surface area contributed by atoms with Crippen LogP contribution in [0.2, 0.25) is 0 Å². The van der Waals surface area contributed by atoms with Crippen molar-refractivity contribution in [3.8, 4) is 17.3 Å². The van der Waals surface area contributed by atoms with Crippen LogP contribution in [0.5, 0.6) is 11.5 Å². The Hall–Kier alpha value is -3.61. The molecule has 0 N–H and O–H groups in total. The van der Waals surface area contributed by atoms with Gasteiger partial charge >= 0.3 is 6.16 Å². The van der Waals surface area contributed by atoms with E-state index in [1.165, 1.54) is 20.0 Å². The van der Waals surface area contributed by atoms with Crippen molar-refractivity contribution in [2.75, 3.05) is 13.7 Å². The predicted molar refractivity (Wildman–Crippen MR) is 108 cm³/mol. The van der Waals surface area contributed by atoms with Gasteiger partial charge in [0.05, 0.1) is 24.8 Å². The van der Waals surface area contributed by atoms with Gasteiger partial charge in [-0.15, -0.1) is 0 Å². The fourth-order valence-electron chi connectivity index (χ4n) is 3.22. The van der Waals surface area contributed by atoms with E-state index in [1.54, 1.807) is 18.5 Å². The van der Waals surface area contributed by atoms with Gasteiger partial charge in [0.15, 0.2) is 5.75 Å². The Labute approximate surface area is 166 Å². The molecule has 0 saturated heterocycles. The van der Waals surface area contributed by atoms with Crippen LogP contribution in [0.25, 0.3) is 27.8 Å². The highest BCUT2D eigenvalue weighted by Gasteiger charge is 2.22. The maximum Gasteiger partial charge on any atom is 0.513 e. The monoisotopic (exact) mass is 389 g/mol. The number of imidazole rings is 1. The SMILES string of the molecule is COC(=O)Oc1cccc2ccc(-n3cnc4cc(OCC5CC5)ccc43)nc12. The lowest BCUT2D eigenvalue weighted by molar-refractivity contribution is 0.122. The van der Waals surface area contributed by atoms with E-state index in [4.69, 9.17) is 14.5 Å².